The molecule has 19 heavy (non-hydrogen) atoms. The van der Waals surface area contributed by atoms with E-state index in [-0.39, 0.29) is 6.04 Å². The van der Waals surface area contributed by atoms with Crippen LogP contribution in [-0.2, 0) is 0 Å². The summed E-state index contributed by atoms with van der Waals surface area (Å²) in [6.45, 7) is 9.49. The molecule has 2 heteroatoms. The van der Waals surface area contributed by atoms with Crippen LogP contribution in [-0.4, -0.2) is 6.54 Å². The number of benzene rings is 1. The lowest BCUT2D eigenvalue weighted by molar-refractivity contribution is 0.523. The molecule has 2 nitrogen and oxygen atoms in total. The van der Waals surface area contributed by atoms with Crippen molar-refractivity contribution in [3.63, 3.8) is 0 Å². The van der Waals surface area contributed by atoms with E-state index in [0.717, 1.165) is 18.7 Å². The molecule has 2 rings (SSSR count). The van der Waals surface area contributed by atoms with Crippen LogP contribution >= 0.6 is 0 Å². The van der Waals surface area contributed by atoms with Gasteiger partial charge in [-0.1, -0.05) is 25.1 Å². The van der Waals surface area contributed by atoms with Crippen LogP contribution < -0.4 is 5.32 Å². The van der Waals surface area contributed by atoms with E-state index in [0.29, 0.717) is 0 Å². The molecule has 0 aliphatic carbocycles. The highest BCUT2D eigenvalue weighted by Gasteiger charge is 2.15. The van der Waals surface area contributed by atoms with Gasteiger partial charge in [0.2, 0.25) is 0 Å². The van der Waals surface area contributed by atoms with Gasteiger partial charge in [-0.2, -0.15) is 0 Å². The van der Waals surface area contributed by atoms with Crippen molar-refractivity contribution in [1.29, 1.82) is 0 Å². The summed E-state index contributed by atoms with van der Waals surface area (Å²) in [4.78, 5) is 0. The molecule has 0 amide bonds. The highest BCUT2D eigenvalue weighted by Crippen LogP contribution is 2.25. The topological polar surface area (TPSA) is 25.2 Å². The lowest BCUT2D eigenvalue weighted by atomic mass is 9.97. The van der Waals surface area contributed by atoms with Crippen molar-refractivity contribution in [2.24, 2.45) is 0 Å². The Morgan fingerprint density at radius 3 is 2.42 bits per heavy atom. The first kappa shape index (κ1) is 13.9. The molecule has 2 aromatic rings. The van der Waals surface area contributed by atoms with E-state index in [1.54, 1.807) is 0 Å². The van der Waals surface area contributed by atoms with Crippen molar-refractivity contribution >= 4 is 0 Å². The number of nitrogens with one attached hydrogen (secondary N) is 1. The fraction of sp³-hybridized carbons (Fsp3) is 0.412. The summed E-state index contributed by atoms with van der Waals surface area (Å²) in [5, 5.41) is 3.60. The fourth-order valence-corrected chi connectivity index (χ4v) is 2.28. The Balaban J connectivity index is 2.33. The van der Waals surface area contributed by atoms with E-state index in [4.69, 9.17) is 4.42 Å². The molecule has 0 fully saturated rings. The van der Waals surface area contributed by atoms with Gasteiger partial charge in [0, 0.05) is 5.56 Å². The molecule has 1 unspecified atom stereocenters. The van der Waals surface area contributed by atoms with Gasteiger partial charge < -0.3 is 9.73 Å². The van der Waals surface area contributed by atoms with Gasteiger partial charge in [0.15, 0.2) is 0 Å². The van der Waals surface area contributed by atoms with Gasteiger partial charge in [-0.25, -0.2) is 0 Å². The van der Waals surface area contributed by atoms with Crippen molar-refractivity contribution in [3.8, 4) is 0 Å². The minimum Gasteiger partial charge on any atom is -0.469 e. The molecule has 102 valence electrons. The number of hydrogen-bond donors (Lipinski definition) is 1. The third-order valence-electron chi connectivity index (χ3n) is 3.55. The van der Waals surface area contributed by atoms with Crippen LogP contribution in [0.3, 0.4) is 0 Å². The predicted molar refractivity (Wildman–Crippen MR) is 79.5 cm³/mol. The largest absolute Gasteiger partial charge is 0.469 e. The van der Waals surface area contributed by atoms with Crippen molar-refractivity contribution in [2.75, 3.05) is 6.54 Å². The zero-order valence-corrected chi connectivity index (χ0v) is 12.3. The molecule has 0 radical (unpaired) electrons. The fourth-order valence-electron chi connectivity index (χ4n) is 2.28. The molecule has 1 heterocycles. The van der Waals surface area contributed by atoms with Crippen molar-refractivity contribution in [3.05, 3.63) is 58.5 Å². The SMILES string of the molecule is CCCNC(c1coc(C)c1)c1ccc(C)c(C)c1. The molecular weight excluding hydrogens is 234 g/mol. The lowest BCUT2D eigenvalue weighted by Gasteiger charge is -2.18. The molecule has 0 aliphatic heterocycles. The van der Waals surface area contributed by atoms with Crippen LogP contribution in [0.2, 0.25) is 0 Å². The molecular formula is C17H23NO. The molecule has 1 aromatic carbocycles. The zero-order chi connectivity index (χ0) is 13.8. The Kier molecular flexibility index (Phi) is 4.43. The summed E-state index contributed by atoms with van der Waals surface area (Å²) < 4.78 is 5.46. The Labute approximate surface area is 115 Å². The molecule has 1 N–H and O–H groups in total. The Morgan fingerprint density at radius 2 is 1.84 bits per heavy atom. The molecule has 0 aliphatic rings. The number of rotatable bonds is 5. The second-order valence-corrected chi connectivity index (χ2v) is 5.22. The average Bonchev–Trinajstić information content (AvgIpc) is 2.80. The van der Waals surface area contributed by atoms with E-state index >= 15 is 0 Å². The van der Waals surface area contributed by atoms with Crippen LogP contribution in [0.1, 0.15) is 47.4 Å². The second-order valence-electron chi connectivity index (χ2n) is 5.22. The van der Waals surface area contributed by atoms with Gasteiger partial charge in [0.1, 0.15) is 5.76 Å². The summed E-state index contributed by atoms with van der Waals surface area (Å²) in [5.41, 5.74) is 5.17. The first-order chi connectivity index (χ1) is 9.11. The van der Waals surface area contributed by atoms with E-state index < -0.39 is 0 Å². The Hall–Kier alpha value is -1.54. The van der Waals surface area contributed by atoms with Gasteiger partial charge in [0.25, 0.3) is 0 Å². The number of furan rings is 1. The molecule has 0 bridgehead atoms. The van der Waals surface area contributed by atoms with Crippen molar-refractivity contribution < 1.29 is 4.42 Å². The first-order valence-corrected chi connectivity index (χ1v) is 6.97. The average molecular weight is 257 g/mol. The quantitative estimate of drug-likeness (QED) is 0.864. The Morgan fingerprint density at radius 1 is 1.05 bits per heavy atom. The maximum atomic E-state index is 5.46. The predicted octanol–water partition coefficient (Wildman–Crippen LogP) is 4.29. The van der Waals surface area contributed by atoms with Crippen LogP contribution in [0.4, 0.5) is 0 Å². The highest BCUT2D eigenvalue weighted by molar-refractivity contribution is 5.36. The summed E-state index contributed by atoms with van der Waals surface area (Å²) in [6, 6.07) is 9.00. The molecule has 0 spiro atoms. The van der Waals surface area contributed by atoms with E-state index in [9.17, 15) is 0 Å². The Bertz CT molecular complexity index is 542. The van der Waals surface area contributed by atoms with Crippen LogP contribution in [0.25, 0.3) is 0 Å². The van der Waals surface area contributed by atoms with Gasteiger partial charge >= 0.3 is 0 Å². The summed E-state index contributed by atoms with van der Waals surface area (Å²) in [7, 11) is 0. The molecule has 0 saturated heterocycles. The van der Waals surface area contributed by atoms with Gasteiger partial charge in [-0.3, -0.25) is 0 Å². The monoisotopic (exact) mass is 257 g/mol. The lowest BCUT2D eigenvalue weighted by Crippen LogP contribution is -2.22. The maximum absolute atomic E-state index is 5.46. The van der Waals surface area contributed by atoms with Crippen LogP contribution in [0, 0.1) is 20.8 Å². The van der Waals surface area contributed by atoms with Gasteiger partial charge in [0.05, 0.1) is 12.3 Å². The van der Waals surface area contributed by atoms with E-state index in [1.165, 1.54) is 22.3 Å². The van der Waals surface area contributed by atoms with Crippen LogP contribution in [0.5, 0.6) is 0 Å². The minimum absolute atomic E-state index is 0.219. The summed E-state index contributed by atoms with van der Waals surface area (Å²) >= 11 is 0. The normalized spacial score (nSPS) is 12.6. The van der Waals surface area contributed by atoms with Crippen LogP contribution in [0.15, 0.2) is 34.9 Å². The third kappa shape index (κ3) is 3.27. The van der Waals surface area contributed by atoms with E-state index in [1.807, 2.05) is 13.2 Å². The van der Waals surface area contributed by atoms with Gasteiger partial charge in [-0.05, 0) is 56.5 Å². The molecule has 0 saturated carbocycles. The minimum atomic E-state index is 0.219. The maximum Gasteiger partial charge on any atom is 0.101 e. The van der Waals surface area contributed by atoms with Crippen molar-refractivity contribution in [2.45, 2.75) is 40.2 Å². The smallest absolute Gasteiger partial charge is 0.101 e. The first-order valence-electron chi connectivity index (χ1n) is 6.97. The highest BCUT2D eigenvalue weighted by atomic mass is 16.3. The second kappa shape index (κ2) is 6.07. The third-order valence-corrected chi connectivity index (χ3v) is 3.55. The standard InChI is InChI=1S/C17H23NO/c1-5-8-18-17(16-10-14(4)19-11-16)15-7-6-12(2)13(3)9-15/h6-7,9-11,17-18H,5,8H2,1-4H3. The summed E-state index contributed by atoms with van der Waals surface area (Å²) in [5.74, 6) is 0.960. The van der Waals surface area contributed by atoms with E-state index in [2.05, 4.69) is 50.4 Å². The number of hydrogen-bond acceptors (Lipinski definition) is 2. The van der Waals surface area contributed by atoms with Gasteiger partial charge in [-0.15, -0.1) is 0 Å². The molecule has 1 aromatic heterocycles. The van der Waals surface area contributed by atoms with Crippen molar-refractivity contribution in [1.82, 2.24) is 5.32 Å². The molecule has 1 atom stereocenters. The zero-order valence-electron chi connectivity index (χ0n) is 12.3. The number of aryl methyl sites for hydroxylation is 3. The summed E-state index contributed by atoms with van der Waals surface area (Å²) in [6.07, 6.45) is 2.98.